The third-order valence-corrected chi connectivity index (χ3v) is 3.01. The summed E-state index contributed by atoms with van der Waals surface area (Å²) in [7, 11) is 0. The van der Waals surface area contributed by atoms with E-state index in [-0.39, 0.29) is 5.92 Å². The molecule has 1 unspecified atom stereocenters. The molecule has 2 nitrogen and oxygen atoms in total. The number of carboxylic acids is 1. The van der Waals surface area contributed by atoms with Crippen LogP contribution >= 0.6 is 22.9 Å². The SMILES string of the molecule is CC(Cc1sccc1Cl)C(=O)O. The molecule has 0 fully saturated rings. The number of thiophene rings is 1. The molecule has 0 spiro atoms. The molecule has 0 aliphatic carbocycles. The monoisotopic (exact) mass is 204 g/mol. The number of carbonyl (C=O) groups is 1. The van der Waals surface area contributed by atoms with Gasteiger partial charge in [0.2, 0.25) is 0 Å². The van der Waals surface area contributed by atoms with Crippen molar-refractivity contribution in [2.24, 2.45) is 5.92 Å². The maximum absolute atomic E-state index is 10.5. The van der Waals surface area contributed by atoms with Crippen molar-refractivity contribution in [3.05, 3.63) is 21.3 Å². The molecule has 1 heterocycles. The lowest BCUT2D eigenvalue weighted by Gasteiger charge is -2.03. The third kappa shape index (κ3) is 2.22. The zero-order valence-corrected chi connectivity index (χ0v) is 8.15. The Morgan fingerprint density at radius 3 is 2.92 bits per heavy atom. The lowest BCUT2D eigenvalue weighted by atomic mass is 10.1. The fourth-order valence-corrected chi connectivity index (χ4v) is 2.08. The van der Waals surface area contributed by atoms with E-state index in [1.807, 2.05) is 5.38 Å². The van der Waals surface area contributed by atoms with Gasteiger partial charge in [0.1, 0.15) is 0 Å². The largest absolute Gasteiger partial charge is 0.481 e. The minimum absolute atomic E-state index is 0.360. The van der Waals surface area contributed by atoms with Crippen LogP contribution in [0.4, 0.5) is 0 Å². The Balaban J connectivity index is 2.64. The predicted octanol–water partition coefficient (Wildman–Crippen LogP) is 2.66. The molecule has 0 radical (unpaired) electrons. The topological polar surface area (TPSA) is 37.3 Å². The second-order valence-electron chi connectivity index (χ2n) is 2.64. The van der Waals surface area contributed by atoms with E-state index in [1.54, 1.807) is 13.0 Å². The Morgan fingerprint density at radius 1 is 1.83 bits per heavy atom. The van der Waals surface area contributed by atoms with Crippen LogP contribution in [0.1, 0.15) is 11.8 Å². The van der Waals surface area contributed by atoms with Crippen molar-refractivity contribution in [3.8, 4) is 0 Å². The van der Waals surface area contributed by atoms with Gasteiger partial charge in [0, 0.05) is 4.88 Å². The third-order valence-electron chi connectivity index (χ3n) is 1.60. The van der Waals surface area contributed by atoms with Crippen LogP contribution in [0.2, 0.25) is 5.02 Å². The molecular weight excluding hydrogens is 196 g/mol. The smallest absolute Gasteiger partial charge is 0.306 e. The molecule has 0 aromatic carbocycles. The van der Waals surface area contributed by atoms with E-state index in [1.165, 1.54) is 11.3 Å². The number of carboxylic acid groups (broad SMARTS) is 1. The van der Waals surface area contributed by atoms with Gasteiger partial charge < -0.3 is 5.11 Å². The minimum Gasteiger partial charge on any atom is -0.481 e. The molecule has 0 amide bonds. The summed E-state index contributed by atoms with van der Waals surface area (Å²) in [6.45, 7) is 1.68. The summed E-state index contributed by atoms with van der Waals surface area (Å²) >= 11 is 7.31. The normalized spacial score (nSPS) is 12.8. The van der Waals surface area contributed by atoms with Crippen LogP contribution in [0.3, 0.4) is 0 Å². The fraction of sp³-hybridized carbons (Fsp3) is 0.375. The number of rotatable bonds is 3. The van der Waals surface area contributed by atoms with E-state index < -0.39 is 5.97 Å². The van der Waals surface area contributed by atoms with Gasteiger partial charge >= 0.3 is 5.97 Å². The molecular formula is C8H9ClO2S. The first-order valence-corrected chi connectivity index (χ1v) is 4.81. The highest BCUT2D eigenvalue weighted by Gasteiger charge is 2.13. The molecule has 0 saturated heterocycles. The van der Waals surface area contributed by atoms with Gasteiger partial charge in [-0.1, -0.05) is 18.5 Å². The Morgan fingerprint density at radius 2 is 2.50 bits per heavy atom. The predicted molar refractivity (Wildman–Crippen MR) is 49.8 cm³/mol. The van der Waals surface area contributed by atoms with Crippen molar-refractivity contribution in [1.29, 1.82) is 0 Å². The Hall–Kier alpha value is -0.540. The van der Waals surface area contributed by atoms with Crippen LogP contribution in [0.5, 0.6) is 0 Å². The highest BCUT2D eigenvalue weighted by molar-refractivity contribution is 7.10. The summed E-state index contributed by atoms with van der Waals surface area (Å²) in [6.07, 6.45) is 0.520. The van der Waals surface area contributed by atoms with Crippen LogP contribution in [0.25, 0.3) is 0 Å². The van der Waals surface area contributed by atoms with Crippen molar-refractivity contribution >= 4 is 28.9 Å². The molecule has 1 aromatic rings. The van der Waals surface area contributed by atoms with Gasteiger partial charge in [-0.25, -0.2) is 0 Å². The van der Waals surface area contributed by atoms with Crippen molar-refractivity contribution < 1.29 is 9.90 Å². The second-order valence-corrected chi connectivity index (χ2v) is 4.04. The van der Waals surface area contributed by atoms with Crippen LogP contribution in [0, 0.1) is 5.92 Å². The number of hydrogen-bond acceptors (Lipinski definition) is 2. The van der Waals surface area contributed by atoms with E-state index in [2.05, 4.69) is 0 Å². The van der Waals surface area contributed by atoms with E-state index in [9.17, 15) is 4.79 Å². The molecule has 4 heteroatoms. The van der Waals surface area contributed by atoms with E-state index in [0.29, 0.717) is 11.4 Å². The Kier molecular flexibility index (Phi) is 3.12. The molecule has 1 rings (SSSR count). The van der Waals surface area contributed by atoms with Gasteiger partial charge in [-0.05, 0) is 17.9 Å². The van der Waals surface area contributed by atoms with E-state index in [0.717, 1.165) is 4.88 Å². The average molecular weight is 205 g/mol. The van der Waals surface area contributed by atoms with Crippen LogP contribution in [-0.4, -0.2) is 11.1 Å². The molecule has 0 aliphatic heterocycles. The van der Waals surface area contributed by atoms with Crippen LogP contribution in [-0.2, 0) is 11.2 Å². The molecule has 0 bridgehead atoms. The summed E-state index contributed by atoms with van der Waals surface area (Å²) in [5.74, 6) is -1.14. The molecule has 0 aliphatic rings. The van der Waals surface area contributed by atoms with Gasteiger partial charge in [0.25, 0.3) is 0 Å². The maximum atomic E-state index is 10.5. The van der Waals surface area contributed by atoms with Crippen molar-refractivity contribution in [2.45, 2.75) is 13.3 Å². The van der Waals surface area contributed by atoms with E-state index in [4.69, 9.17) is 16.7 Å². The van der Waals surface area contributed by atoms with Gasteiger partial charge in [-0.15, -0.1) is 11.3 Å². The highest BCUT2D eigenvalue weighted by atomic mass is 35.5. The zero-order valence-electron chi connectivity index (χ0n) is 6.58. The molecule has 1 aromatic heterocycles. The molecule has 12 heavy (non-hydrogen) atoms. The summed E-state index contributed by atoms with van der Waals surface area (Å²) in [5, 5.41) is 11.2. The van der Waals surface area contributed by atoms with Crippen LogP contribution < -0.4 is 0 Å². The van der Waals surface area contributed by atoms with Gasteiger partial charge in [0.15, 0.2) is 0 Å². The van der Waals surface area contributed by atoms with E-state index >= 15 is 0 Å². The Bertz CT molecular complexity index is 282. The zero-order chi connectivity index (χ0) is 9.14. The molecule has 66 valence electrons. The minimum atomic E-state index is -0.778. The number of aliphatic carboxylic acids is 1. The van der Waals surface area contributed by atoms with Gasteiger partial charge in [-0.2, -0.15) is 0 Å². The van der Waals surface area contributed by atoms with Crippen molar-refractivity contribution in [2.75, 3.05) is 0 Å². The number of hydrogen-bond donors (Lipinski definition) is 1. The summed E-state index contributed by atoms with van der Waals surface area (Å²) in [4.78, 5) is 11.4. The molecule has 0 saturated carbocycles. The van der Waals surface area contributed by atoms with Gasteiger partial charge in [-0.3, -0.25) is 4.79 Å². The lowest BCUT2D eigenvalue weighted by Crippen LogP contribution is -2.11. The lowest BCUT2D eigenvalue weighted by molar-refractivity contribution is -0.141. The van der Waals surface area contributed by atoms with Crippen molar-refractivity contribution in [3.63, 3.8) is 0 Å². The van der Waals surface area contributed by atoms with Crippen molar-refractivity contribution in [1.82, 2.24) is 0 Å². The summed E-state index contributed by atoms with van der Waals surface area (Å²) in [6, 6.07) is 1.79. The standard InChI is InChI=1S/C8H9ClO2S/c1-5(8(10)11)4-7-6(9)2-3-12-7/h2-3,5H,4H2,1H3,(H,10,11). The van der Waals surface area contributed by atoms with Gasteiger partial charge in [0.05, 0.1) is 10.9 Å². The molecule has 1 atom stereocenters. The first kappa shape index (κ1) is 9.55. The van der Waals surface area contributed by atoms with Crippen LogP contribution in [0.15, 0.2) is 11.4 Å². The first-order chi connectivity index (χ1) is 5.61. The highest BCUT2D eigenvalue weighted by Crippen LogP contribution is 2.24. The maximum Gasteiger partial charge on any atom is 0.306 e. The quantitative estimate of drug-likeness (QED) is 0.822. The second kappa shape index (κ2) is 3.92. The number of halogens is 1. The fourth-order valence-electron chi connectivity index (χ4n) is 0.836. The Labute approximate surface area is 79.8 Å². The summed E-state index contributed by atoms with van der Waals surface area (Å²) in [5.41, 5.74) is 0. The summed E-state index contributed by atoms with van der Waals surface area (Å²) < 4.78 is 0. The first-order valence-electron chi connectivity index (χ1n) is 3.56. The average Bonchev–Trinajstić information content (AvgIpc) is 2.36. The molecule has 1 N–H and O–H groups in total.